The number of rotatable bonds is 10. The summed E-state index contributed by atoms with van der Waals surface area (Å²) in [5.41, 5.74) is 4.79. The molecule has 0 saturated heterocycles. The lowest BCUT2D eigenvalue weighted by molar-refractivity contribution is -0.135. The van der Waals surface area contributed by atoms with E-state index in [4.69, 9.17) is 5.84 Å². The van der Waals surface area contributed by atoms with E-state index in [0.717, 1.165) is 44.2 Å². The molecule has 0 heterocycles. The van der Waals surface area contributed by atoms with Crippen molar-refractivity contribution < 1.29 is 13.2 Å². The van der Waals surface area contributed by atoms with Gasteiger partial charge in [0.1, 0.15) is 0 Å². The van der Waals surface area contributed by atoms with Crippen LogP contribution in [0, 0.1) is 0 Å². The summed E-state index contributed by atoms with van der Waals surface area (Å²) in [7, 11) is 0. The summed E-state index contributed by atoms with van der Waals surface area (Å²) in [5, 5.41) is 0. The minimum atomic E-state index is -3.99. The number of nitrogens with one attached hydrogen (secondary N) is 1. The van der Waals surface area contributed by atoms with E-state index in [1.54, 1.807) is 0 Å². The van der Waals surface area contributed by atoms with E-state index in [1.807, 2.05) is 12.1 Å². The Morgan fingerprint density at radius 1 is 0.810 bits per heavy atom. The molecule has 1 rings (SSSR count). The van der Waals surface area contributed by atoms with Crippen molar-refractivity contribution in [3.8, 4) is 0 Å². The highest BCUT2D eigenvalue weighted by atomic mass is 19.4. The first kappa shape index (κ1) is 17.8. The second kappa shape index (κ2) is 9.66. The van der Waals surface area contributed by atoms with Crippen LogP contribution in [0.25, 0.3) is 0 Å². The molecule has 0 fully saturated rings. The van der Waals surface area contributed by atoms with Gasteiger partial charge in [0.15, 0.2) is 0 Å². The van der Waals surface area contributed by atoms with Gasteiger partial charge in [0.2, 0.25) is 0 Å². The van der Waals surface area contributed by atoms with Crippen LogP contribution in [-0.4, -0.2) is 6.18 Å². The maximum Gasteiger partial charge on any atom is 0.389 e. The van der Waals surface area contributed by atoms with Gasteiger partial charge in [-0.2, -0.15) is 13.2 Å². The van der Waals surface area contributed by atoms with Crippen LogP contribution in [-0.2, 0) is 6.42 Å². The smallest absolute Gasteiger partial charge is 0.324 e. The molecule has 0 aliphatic heterocycles. The molecule has 0 amide bonds. The molecule has 0 radical (unpaired) electrons. The number of unbranched alkanes of at least 4 members (excludes halogenated alkanes) is 6. The van der Waals surface area contributed by atoms with Gasteiger partial charge in [0, 0.05) is 12.1 Å². The first-order valence-electron chi connectivity index (χ1n) is 7.63. The number of aryl methyl sites for hydroxylation is 1. The van der Waals surface area contributed by atoms with Gasteiger partial charge in [-0.15, -0.1) is 0 Å². The third-order valence-corrected chi connectivity index (χ3v) is 3.55. The summed E-state index contributed by atoms with van der Waals surface area (Å²) < 4.78 is 35.8. The average molecular weight is 302 g/mol. The van der Waals surface area contributed by atoms with Crippen molar-refractivity contribution in [2.75, 3.05) is 5.43 Å². The van der Waals surface area contributed by atoms with E-state index in [-0.39, 0.29) is 6.42 Å². The number of hydrazine groups is 1. The quantitative estimate of drug-likeness (QED) is 0.354. The number of halogens is 3. The van der Waals surface area contributed by atoms with E-state index in [9.17, 15) is 13.2 Å². The van der Waals surface area contributed by atoms with E-state index in [2.05, 4.69) is 17.6 Å². The van der Waals surface area contributed by atoms with Crippen molar-refractivity contribution in [2.45, 2.75) is 64.0 Å². The molecule has 0 aromatic heterocycles. The summed E-state index contributed by atoms with van der Waals surface area (Å²) in [6, 6.07) is 8.03. The molecule has 0 bridgehead atoms. The molecular formula is C16H25F3N2. The van der Waals surface area contributed by atoms with Crippen LogP contribution in [0.2, 0.25) is 0 Å². The zero-order chi connectivity index (χ0) is 15.6. The second-order valence-corrected chi connectivity index (χ2v) is 5.43. The molecular weight excluding hydrogens is 277 g/mol. The number of nitrogen functional groups attached to an aromatic ring is 1. The number of hydrogen-bond acceptors (Lipinski definition) is 2. The van der Waals surface area contributed by atoms with E-state index >= 15 is 0 Å². The minimum Gasteiger partial charge on any atom is -0.324 e. The summed E-state index contributed by atoms with van der Waals surface area (Å²) in [5.74, 6) is 5.30. The minimum absolute atomic E-state index is 0.269. The predicted molar refractivity (Wildman–Crippen MR) is 80.9 cm³/mol. The van der Waals surface area contributed by atoms with Crippen molar-refractivity contribution in [3.63, 3.8) is 0 Å². The lowest BCUT2D eigenvalue weighted by Crippen LogP contribution is -2.06. The van der Waals surface area contributed by atoms with Crippen molar-refractivity contribution >= 4 is 5.69 Å². The van der Waals surface area contributed by atoms with Gasteiger partial charge in [-0.05, 0) is 37.0 Å². The Hall–Kier alpha value is -1.23. The van der Waals surface area contributed by atoms with Crippen LogP contribution >= 0.6 is 0 Å². The maximum absolute atomic E-state index is 11.9. The van der Waals surface area contributed by atoms with Crippen LogP contribution in [0.5, 0.6) is 0 Å². The van der Waals surface area contributed by atoms with Gasteiger partial charge in [-0.25, -0.2) is 0 Å². The van der Waals surface area contributed by atoms with Gasteiger partial charge >= 0.3 is 6.18 Å². The number of benzene rings is 1. The molecule has 0 spiro atoms. The highest BCUT2D eigenvalue weighted by Crippen LogP contribution is 2.23. The van der Waals surface area contributed by atoms with E-state index < -0.39 is 12.6 Å². The zero-order valence-corrected chi connectivity index (χ0v) is 12.4. The molecule has 120 valence electrons. The average Bonchev–Trinajstić information content (AvgIpc) is 2.45. The largest absolute Gasteiger partial charge is 0.389 e. The number of nitrogens with two attached hydrogens (primary N) is 1. The highest BCUT2D eigenvalue weighted by Gasteiger charge is 2.25. The fraction of sp³-hybridized carbons (Fsp3) is 0.625. The van der Waals surface area contributed by atoms with Crippen molar-refractivity contribution in [3.05, 3.63) is 29.8 Å². The highest BCUT2D eigenvalue weighted by molar-refractivity contribution is 5.43. The standard InChI is InChI=1S/C16H25F3N2/c17-16(18,19)13-7-5-3-1-2-4-6-8-14-9-11-15(21-20)12-10-14/h9-12,21H,1-8,13,20H2. The second-order valence-electron chi connectivity index (χ2n) is 5.43. The third-order valence-electron chi connectivity index (χ3n) is 3.55. The fourth-order valence-corrected chi connectivity index (χ4v) is 2.31. The number of alkyl halides is 3. The predicted octanol–water partition coefficient (Wildman–Crippen LogP) is 5.20. The number of hydrogen-bond donors (Lipinski definition) is 2. The summed E-state index contributed by atoms with van der Waals surface area (Å²) in [6.07, 6.45) is 2.68. The maximum atomic E-state index is 11.9. The molecule has 21 heavy (non-hydrogen) atoms. The molecule has 0 unspecified atom stereocenters. The Morgan fingerprint density at radius 2 is 1.33 bits per heavy atom. The first-order valence-corrected chi connectivity index (χ1v) is 7.63. The molecule has 5 heteroatoms. The molecule has 0 saturated carbocycles. The monoisotopic (exact) mass is 302 g/mol. The summed E-state index contributed by atoms with van der Waals surface area (Å²) >= 11 is 0. The molecule has 0 atom stereocenters. The Morgan fingerprint density at radius 3 is 1.86 bits per heavy atom. The SMILES string of the molecule is NNc1ccc(CCCCCCCCCC(F)(F)F)cc1. The Labute approximate surface area is 124 Å². The zero-order valence-electron chi connectivity index (χ0n) is 12.4. The van der Waals surface area contributed by atoms with Gasteiger partial charge in [0.25, 0.3) is 0 Å². The summed E-state index contributed by atoms with van der Waals surface area (Å²) in [6.45, 7) is 0. The molecule has 0 aliphatic rings. The molecule has 1 aromatic carbocycles. The third kappa shape index (κ3) is 9.34. The van der Waals surface area contributed by atoms with Crippen molar-refractivity contribution in [1.29, 1.82) is 0 Å². The van der Waals surface area contributed by atoms with Crippen molar-refractivity contribution in [1.82, 2.24) is 0 Å². The Bertz CT molecular complexity index is 374. The van der Waals surface area contributed by atoms with Gasteiger partial charge in [-0.1, -0.05) is 44.2 Å². The molecule has 1 aromatic rings. The normalized spacial score (nSPS) is 11.6. The summed E-state index contributed by atoms with van der Waals surface area (Å²) in [4.78, 5) is 0. The Balaban J connectivity index is 1.94. The van der Waals surface area contributed by atoms with Gasteiger partial charge < -0.3 is 5.43 Å². The van der Waals surface area contributed by atoms with Crippen LogP contribution in [0.3, 0.4) is 0 Å². The van der Waals surface area contributed by atoms with E-state index in [0.29, 0.717) is 6.42 Å². The van der Waals surface area contributed by atoms with Crippen LogP contribution in [0.4, 0.5) is 18.9 Å². The number of anilines is 1. The Kier molecular flexibility index (Phi) is 8.20. The molecule has 3 N–H and O–H groups in total. The molecule has 0 aliphatic carbocycles. The van der Waals surface area contributed by atoms with Crippen LogP contribution in [0.1, 0.15) is 56.9 Å². The van der Waals surface area contributed by atoms with Gasteiger partial charge in [0.05, 0.1) is 0 Å². The van der Waals surface area contributed by atoms with Crippen LogP contribution in [0.15, 0.2) is 24.3 Å². The van der Waals surface area contributed by atoms with Gasteiger partial charge in [-0.3, -0.25) is 5.84 Å². The topological polar surface area (TPSA) is 38.0 Å². The fourth-order valence-electron chi connectivity index (χ4n) is 2.31. The van der Waals surface area contributed by atoms with Crippen LogP contribution < -0.4 is 11.3 Å². The van der Waals surface area contributed by atoms with Crippen molar-refractivity contribution in [2.24, 2.45) is 5.84 Å². The van der Waals surface area contributed by atoms with E-state index in [1.165, 1.54) is 5.56 Å². The lowest BCUT2D eigenvalue weighted by atomic mass is 10.0. The first-order chi connectivity index (χ1) is 10.0. The molecule has 2 nitrogen and oxygen atoms in total. The lowest BCUT2D eigenvalue weighted by Gasteiger charge is -2.06.